The number of nitrogens with zero attached hydrogens (tertiary/aromatic N) is 1. The van der Waals surface area contributed by atoms with Gasteiger partial charge in [-0.05, 0) is 12.8 Å². The van der Waals surface area contributed by atoms with Gasteiger partial charge in [-0.15, -0.1) is 0 Å². The molecule has 0 radical (unpaired) electrons. The topological polar surface area (TPSA) is 46.3 Å². The molecule has 0 unspecified atom stereocenters. The van der Waals surface area contributed by atoms with Crippen molar-refractivity contribution in [1.29, 1.82) is 0 Å². The molecule has 14 heavy (non-hydrogen) atoms. The summed E-state index contributed by atoms with van der Waals surface area (Å²) in [4.78, 5) is 13.4. The van der Waals surface area contributed by atoms with Crippen molar-refractivity contribution in [2.45, 2.75) is 51.5 Å². The third-order valence-electron chi connectivity index (χ3n) is 2.86. The molecule has 0 saturated carbocycles. The van der Waals surface area contributed by atoms with Gasteiger partial charge in [-0.25, -0.2) is 0 Å². The van der Waals surface area contributed by atoms with Gasteiger partial charge in [0.15, 0.2) is 0 Å². The average molecular weight is 198 g/mol. The molecule has 1 amide bonds. The van der Waals surface area contributed by atoms with Gasteiger partial charge in [-0.3, -0.25) is 4.79 Å². The van der Waals surface area contributed by atoms with E-state index in [0.717, 1.165) is 38.8 Å². The maximum absolute atomic E-state index is 11.5. The molecule has 3 heteroatoms. The number of amides is 1. The molecular formula is C11H22N2O. The Morgan fingerprint density at radius 3 is 2.50 bits per heavy atom. The van der Waals surface area contributed by atoms with E-state index in [1.165, 1.54) is 0 Å². The summed E-state index contributed by atoms with van der Waals surface area (Å²) in [6.45, 7) is 5.77. The summed E-state index contributed by atoms with van der Waals surface area (Å²) >= 11 is 0. The third kappa shape index (κ3) is 2.71. The number of unbranched alkanes of at least 4 members (excludes halogenated alkanes) is 1. The maximum Gasteiger partial charge on any atom is 0.222 e. The molecule has 0 aliphatic carbocycles. The zero-order valence-electron chi connectivity index (χ0n) is 9.38. The minimum Gasteiger partial charge on any atom is -0.339 e. The van der Waals surface area contributed by atoms with Crippen LogP contribution in [-0.2, 0) is 4.79 Å². The van der Waals surface area contributed by atoms with Crippen LogP contribution in [0.4, 0.5) is 0 Å². The van der Waals surface area contributed by atoms with Gasteiger partial charge in [-0.1, -0.05) is 26.7 Å². The summed E-state index contributed by atoms with van der Waals surface area (Å²) in [5, 5.41) is 0. The predicted molar refractivity (Wildman–Crippen MR) is 57.9 cm³/mol. The second-order valence-corrected chi connectivity index (χ2v) is 4.47. The third-order valence-corrected chi connectivity index (χ3v) is 2.86. The first-order valence-corrected chi connectivity index (χ1v) is 5.68. The molecule has 2 N–H and O–H groups in total. The number of carbonyl (C=O) groups is 1. The summed E-state index contributed by atoms with van der Waals surface area (Å²) in [6.07, 6.45) is 4.92. The van der Waals surface area contributed by atoms with Crippen LogP contribution < -0.4 is 5.73 Å². The monoisotopic (exact) mass is 198 g/mol. The van der Waals surface area contributed by atoms with Gasteiger partial charge >= 0.3 is 0 Å². The van der Waals surface area contributed by atoms with Crippen LogP contribution in [0.15, 0.2) is 0 Å². The Kier molecular flexibility index (Phi) is 3.93. The van der Waals surface area contributed by atoms with Crippen LogP contribution >= 0.6 is 0 Å². The van der Waals surface area contributed by atoms with E-state index in [1.807, 2.05) is 4.90 Å². The SMILES string of the molecule is CCCCC(=O)N1CC(N)(CCC)C1. The number of likely N-dealkylation sites (tertiary alicyclic amines) is 1. The summed E-state index contributed by atoms with van der Waals surface area (Å²) in [7, 11) is 0. The van der Waals surface area contributed by atoms with Gasteiger partial charge in [0.05, 0.1) is 5.54 Å². The fraction of sp³-hybridized carbons (Fsp3) is 0.909. The van der Waals surface area contributed by atoms with Gasteiger partial charge in [-0.2, -0.15) is 0 Å². The fourth-order valence-electron chi connectivity index (χ4n) is 2.03. The molecule has 1 heterocycles. The highest BCUT2D eigenvalue weighted by Crippen LogP contribution is 2.24. The molecule has 0 aromatic carbocycles. The van der Waals surface area contributed by atoms with Crippen LogP contribution in [0.5, 0.6) is 0 Å². The molecule has 1 aliphatic heterocycles. The molecule has 1 rings (SSSR count). The van der Waals surface area contributed by atoms with Crippen LogP contribution in [-0.4, -0.2) is 29.4 Å². The second kappa shape index (κ2) is 4.78. The Labute approximate surface area is 86.6 Å². The van der Waals surface area contributed by atoms with Crippen molar-refractivity contribution in [1.82, 2.24) is 4.90 Å². The highest BCUT2D eigenvalue weighted by molar-refractivity contribution is 5.77. The molecule has 0 atom stereocenters. The molecule has 1 aliphatic rings. The van der Waals surface area contributed by atoms with Crippen LogP contribution in [0.1, 0.15) is 46.0 Å². The normalized spacial score (nSPS) is 19.2. The van der Waals surface area contributed by atoms with E-state index in [-0.39, 0.29) is 11.4 Å². The van der Waals surface area contributed by atoms with E-state index < -0.39 is 0 Å². The molecule has 82 valence electrons. The van der Waals surface area contributed by atoms with Gasteiger partial charge in [0.2, 0.25) is 5.91 Å². The Morgan fingerprint density at radius 2 is 2.00 bits per heavy atom. The highest BCUT2D eigenvalue weighted by atomic mass is 16.2. The van der Waals surface area contributed by atoms with E-state index in [2.05, 4.69) is 13.8 Å². The minimum atomic E-state index is -0.0728. The molecule has 3 nitrogen and oxygen atoms in total. The van der Waals surface area contributed by atoms with Crippen LogP contribution in [0.3, 0.4) is 0 Å². The Morgan fingerprint density at radius 1 is 1.36 bits per heavy atom. The molecule has 0 bridgehead atoms. The maximum atomic E-state index is 11.5. The fourth-order valence-corrected chi connectivity index (χ4v) is 2.03. The lowest BCUT2D eigenvalue weighted by Gasteiger charge is -2.48. The standard InChI is InChI=1S/C11H22N2O/c1-3-5-6-10(14)13-8-11(12,9-13)7-4-2/h3-9,12H2,1-2H3. The molecule has 0 spiro atoms. The van der Waals surface area contributed by atoms with Crippen LogP contribution in [0.2, 0.25) is 0 Å². The quantitative estimate of drug-likeness (QED) is 0.728. The first-order chi connectivity index (χ1) is 6.61. The molecule has 0 aromatic heterocycles. The van der Waals surface area contributed by atoms with Crippen molar-refractivity contribution in [2.24, 2.45) is 5.73 Å². The van der Waals surface area contributed by atoms with Crippen LogP contribution in [0.25, 0.3) is 0 Å². The first kappa shape index (κ1) is 11.5. The summed E-state index contributed by atoms with van der Waals surface area (Å²) in [5.74, 6) is 0.282. The largest absolute Gasteiger partial charge is 0.339 e. The minimum absolute atomic E-state index is 0.0728. The van der Waals surface area contributed by atoms with Gasteiger partial charge in [0.1, 0.15) is 0 Å². The summed E-state index contributed by atoms with van der Waals surface area (Å²) < 4.78 is 0. The Bertz CT molecular complexity index is 197. The van der Waals surface area contributed by atoms with Crippen molar-refractivity contribution in [3.63, 3.8) is 0 Å². The molecular weight excluding hydrogens is 176 g/mol. The number of nitrogens with two attached hydrogens (primary N) is 1. The number of rotatable bonds is 5. The lowest BCUT2D eigenvalue weighted by molar-refractivity contribution is -0.139. The second-order valence-electron chi connectivity index (χ2n) is 4.47. The number of hydrogen-bond acceptors (Lipinski definition) is 2. The van der Waals surface area contributed by atoms with Crippen molar-refractivity contribution in [3.05, 3.63) is 0 Å². The van der Waals surface area contributed by atoms with Crippen molar-refractivity contribution < 1.29 is 4.79 Å². The lowest BCUT2D eigenvalue weighted by atomic mass is 9.86. The van der Waals surface area contributed by atoms with Crippen molar-refractivity contribution >= 4 is 5.91 Å². The smallest absolute Gasteiger partial charge is 0.222 e. The molecule has 0 aromatic rings. The van der Waals surface area contributed by atoms with Gasteiger partial charge in [0.25, 0.3) is 0 Å². The summed E-state index contributed by atoms with van der Waals surface area (Å²) in [6, 6.07) is 0. The van der Waals surface area contributed by atoms with E-state index in [0.29, 0.717) is 6.42 Å². The van der Waals surface area contributed by atoms with Crippen molar-refractivity contribution in [2.75, 3.05) is 13.1 Å². The average Bonchev–Trinajstić information content (AvgIpc) is 2.10. The van der Waals surface area contributed by atoms with Crippen molar-refractivity contribution in [3.8, 4) is 0 Å². The Hall–Kier alpha value is -0.570. The van der Waals surface area contributed by atoms with Crippen LogP contribution in [0, 0.1) is 0 Å². The highest BCUT2D eigenvalue weighted by Gasteiger charge is 2.40. The van der Waals surface area contributed by atoms with Gasteiger partial charge in [0, 0.05) is 19.5 Å². The van der Waals surface area contributed by atoms with Gasteiger partial charge < -0.3 is 10.6 Å². The predicted octanol–water partition coefficient (Wildman–Crippen LogP) is 1.52. The zero-order valence-corrected chi connectivity index (χ0v) is 9.38. The Balaban J connectivity index is 2.22. The molecule has 1 saturated heterocycles. The summed E-state index contributed by atoms with van der Waals surface area (Å²) in [5.41, 5.74) is 6.00. The van der Waals surface area contributed by atoms with E-state index >= 15 is 0 Å². The molecule has 1 fully saturated rings. The number of hydrogen-bond donors (Lipinski definition) is 1. The first-order valence-electron chi connectivity index (χ1n) is 5.68. The van der Waals surface area contributed by atoms with E-state index in [9.17, 15) is 4.79 Å². The zero-order chi connectivity index (χ0) is 10.6. The lowest BCUT2D eigenvalue weighted by Crippen LogP contribution is -2.68. The number of carbonyl (C=O) groups excluding carboxylic acids is 1. The van der Waals surface area contributed by atoms with E-state index in [4.69, 9.17) is 5.73 Å². The van der Waals surface area contributed by atoms with E-state index in [1.54, 1.807) is 0 Å².